The zero-order chi connectivity index (χ0) is 18.1. The van der Waals surface area contributed by atoms with Gasteiger partial charge in [-0.2, -0.15) is 5.10 Å². The maximum absolute atomic E-state index is 12.2. The molecule has 0 bridgehead atoms. The highest BCUT2D eigenvalue weighted by molar-refractivity contribution is 5.88. The summed E-state index contributed by atoms with van der Waals surface area (Å²) in [7, 11) is 0. The van der Waals surface area contributed by atoms with Crippen LogP contribution in [0.15, 0.2) is 6.07 Å². The summed E-state index contributed by atoms with van der Waals surface area (Å²) in [5.74, 6) is 2.93. The highest BCUT2D eigenvalue weighted by Gasteiger charge is 2.30. The van der Waals surface area contributed by atoms with E-state index in [4.69, 9.17) is 4.74 Å². The van der Waals surface area contributed by atoms with E-state index in [0.29, 0.717) is 44.1 Å². The van der Waals surface area contributed by atoms with Gasteiger partial charge < -0.3 is 14.6 Å². The summed E-state index contributed by atoms with van der Waals surface area (Å²) in [5, 5.41) is 18.5. The maximum Gasteiger partial charge on any atom is 0.320 e. The summed E-state index contributed by atoms with van der Waals surface area (Å²) in [6.45, 7) is 6.53. The zero-order valence-corrected chi connectivity index (χ0v) is 15.2. The Morgan fingerprint density at radius 3 is 3.04 bits per heavy atom. The number of nitrogens with one attached hydrogen (secondary N) is 2. The van der Waals surface area contributed by atoms with Crippen LogP contribution in [0.3, 0.4) is 0 Å². The van der Waals surface area contributed by atoms with Crippen LogP contribution in [0.4, 0.5) is 10.6 Å². The molecule has 2 N–H and O–H groups in total. The van der Waals surface area contributed by atoms with E-state index in [2.05, 4.69) is 32.9 Å². The Bertz CT molecular complexity index is 793. The number of hydrogen-bond acceptors (Lipinski definition) is 5. The fourth-order valence-electron chi connectivity index (χ4n) is 3.43. The highest BCUT2D eigenvalue weighted by atomic mass is 16.5. The molecule has 9 nitrogen and oxygen atoms in total. The van der Waals surface area contributed by atoms with Gasteiger partial charge in [0.05, 0.1) is 25.8 Å². The molecule has 0 radical (unpaired) electrons. The Hall–Kier alpha value is -2.42. The number of nitrogens with zero attached hydrogens (tertiary/aromatic N) is 5. The smallest absolute Gasteiger partial charge is 0.320 e. The molecule has 26 heavy (non-hydrogen) atoms. The Kier molecular flexibility index (Phi) is 4.62. The first-order chi connectivity index (χ1) is 12.6. The van der Waals surface area contributed by atoms with Crippen molar-refractivity contribution in [3.63, 3.8) is 0 Å². The van der Waals surface area contributed by atoms with Gasteiger partial charge in [0.1, 0.15) is 5.82 Å². The molecular weight excluding hydrogens is 334 g/mol. The van der Waals surface area contributed by atoms with Crippen LogP contribution in [0.5, 0.6) is 0 Å². The van der Waals surface area contributed by atoms with Gasteiger partial charge in [0.15, 0.2) is 11.6 Å². The van der Waals surface area contributed by atoms with Crippen LogP contribution in [-0.4, -0.2) is 43.8 Å². The summed E-state index contributed by atoms with van der Waals surface area (Å²) in [4.78, 5) is 12.2. The van der Waals surface area contributed by atoms with Crippen molar-refractivity contribution in [2.45, 2.75) is 52.2 Å². The van der Waals surface area contributed by atoms with Gasteiger partial charge in [-0.15, -0.1) is 10.2 Å². The number of urea groups is 1. The van der Waals surface area contributed by atoms with Crippen LogP contribution in [0.1, 0.15) is 43.1 Å². The molecule has 1 aliphatic carbocycles. The quantitative estimate of drug-likeness (QED) is 0.846. The van der Waals surface area contributed by atoms with E-state index in [1.807, 2.05) is 22.2 Å². The number of hydrogen-bond donors (Lipinski definition) is 2. The van der Waals surface area contributed by atoms with Gasteiger partial charge in [-0.1, -0.05) is 0 Å². The molecule has 9 heteroatoms. The van der Waals surface area contributed by atoms with Gasteiger partial charge >= 0.3 is 6.03 Å². The lowest BCUT2D eigenvalue weighted by Gasteiger charge is -2.12. The minimum atomic E-state index is -0.295. The molecule has 0 spiro atoms. The van der Waals surface area contributed by atoms with Crippen molar-refractivity contribution in [1.82, 2.24) is 29.9 Å². The van der Waals surface area contributed by atoms with Crippen molar-refractivity contribution < 1.29 is 9.53 Å². The number of anilines is 1. The van der Waals surface area contributed by atoms with Gasteiger partial charge in [0.2, 0.25) is 0 Å². The van der Waals surface area contributed by atoms with Gasteiger partial charge in [-0.05, 0) is 32.6 Å². The Morgan fingerprint density at radius 1 is 1.38 bits per heavy atom. The molecule has 1 atom stereocenters. The Labute approximate surface area is 152 Å². The first-order valence-corrected chi connectivity index (χ1v) is 9.21. The lowest BCUT2D eigenvalue weighted by molar-refractivity contribution is 0.139. The van der Waals surface area contributed by atoms with E-state index in [1.165, 1.54) is 12.8 Å². The van der Waals surface area contributed by atoms with E-state index in [1.54, 1.807) is 0 Å². The molecule has 4 rings (SSSR count). The molecular formula is C17H25N7O2. The summed E-state index contributed by atoms with van der Waals surface area (Å²) < 4.78 is 9.47. The molecule has 2 aromatic heterocycles. The van der Waals surface area contributed by atoms with E-state index in [-0.39, 0.29) is 6.03 Å². The summed E-state index contributed by atoms with van der Waals surface area (Å²) in [6.07, 6.45) is 3.27. The predicted octanol–water partition coefficient (Wildman–Crippen LogP) is 1.65. The van der Waals surface area contributed by atoms with Gasteiger partial charge in [-0.3, -0.25) is 10.00 Å². The van der Waals surface area contributed by atoms with Crippen LogP contribution >= 0.6 is 0 Å². The van der Waals surface area contributed by atoms with Crippen molar-refractivity contribution >= 4 is 11.8 Å². The topological polar surface area (TPSA) is 98.9 Å². The Balaban J connectivity index is 1.35. The first kappa shape index (κ1) is 17.0. The monoisotopic (exact) mass is 359 g/mol. The van der Waals surface area contributed by atoms with Crippen LogP contribution in [0, 0.1) is 12.8 Å². The van der Waals surface area contributed by atoms with Crippen LogP contribution in [-0.2, 0) is 24.2 Å². The summed E-state index contributed by atoms with van der Waals surface area (Å²) in [6, 6.07) is 1.98. The molecule has 3 heterocycles. The van der Waals surface area contributed by atoms with E-state index in [0.717, 1.165) is 23.8 Å². The molecule has 2 amide bonds. The van der Waals surface area contributed by atoms with Crippen molar-refractivity contribution in [2.24, 2.45) is 5.92 Å². The second-order valence-corrected chi connectivity index (χ2v) is 7.05. The lowest BCUT2D eigenvalue weighted by atomic mass is 10.2. The van der Waals surface area contributed by atoms with Gasteiger partial charge in [-0.25, -0.2) is 4.79 Å². The fourth-order valence-corrected chi connectivity index (χ4v) is 3.43. The summed E-state index contributed by atoms with van der Waals surface area (Å²) >= 11 is 0. The number of carbonyl (C=O) groups excluding carboxylic acids is 1. The van der Waals surface area contributed by atoms with Crippen molar-refractivity contribution in [2.75, 3.05) is 18.5 Å². The molecule has 1 unspecified atom stereocenters. The van der Waals surface area contributed by atoms with E-state index >= 15 is 0 Å². The number of aromatic nitrogens is 5. The van der Waals surface area contributed by atoms with Crippen LogP contribution < -0.4 is 10.6 Å². The molecule has 1 aliphatic heterocycles. The zero-order valence-electron chi connectivity index (χ0n) is 15.2. The average molecular weight is 359 g/mol. The third kappa shape index (κ3) is 3.57. The van der Waals surface area contributed by atoms with E-state index < -0.39 is 0 Å². The predicted molar refractivity (Wildman–Crippen MR) is 94.8 cm³/mol. The number of amides is 2. The molecule has 2 aliphatic rings. The number of aryl methyl sites for hydroxylation is 1. The van der Waals surface area contributed by atoms with Gasteiger partial charge in [0, 0.05) is 24.7 Å². The fraction of sp³-hybridized carbons (Fsp3) is 0.647. The van der Waals surface area contributed by atoms with Crippen molar-refractivity contribution in [3.05, 3.63) is 23.4 Å². The molecule has 0 saturated heterocycles. The largest absolute Gasteiger partial charge is 0.379 e. The van der Waals surface area contributed by atoms with Crippen molar-refractivity contribution in [3.8, 4) is 0 Å². The third-order valence-corrected chi connectivity index (χ3v) is 5.09. The molecule has 2 aromatic rings. The van der Waals surface area contributed by atoms with E-state index in [9.17, 15) is 4.79 Å². The second kappa shape index (κ2) is 7.06. The molecule has 140 valence electrons. The average Bonchev–Trinajstić information content (AvgIpc) is 3.36. The minimum Gasteiger partial charge on any atom is -0.379 e. The molecule has 1 saturated carbocycles. The van der Waals surface area contributed by atoms with Crippen LogP contribution in [0.2, 0.25) is 0 Å². The second-order valence-electron chi connectivity index (χ2n) is 7.05. The number of fused-ring (bicyclic) bond motifs is 1. The number of carbonyl (C=O) groups is 1. The van der Waals surface area contributed by atoms with Crippen molar-refractivity contribution in [1.29, 1.82) is 0 Å². The SMILES string of the molecule is Cc1cc(NC(=O)NCc2nnc3n2CCOCC3)nn1C(C)C1CC1. The maximum atomic E-state index is 12.2. The third-order valence-electron chi connectivity index (χ3n) is 5.09. The number of ether oxygens (including phenoxy) is 1. The standard InChI is InChI=1S/C17H25N7O2/c1-11-9-14(22-24(11)12(2)13-3-4-13)19-17(25)18-10-16-21-20-15-5-7-26-8-6-23(15)16/h9,12-13H,3-8,10H2,1-2H3,(H2,18,19,22,25). The van der Waals surface area contributed by atoms with Gasteiger partial charge in [0.25, 0.3) is 0 Å². The molecule has 1 fully saturated rings. The minimum absolute atomic E-state index is 0.295. The van der Waals surface area contributed by atoms with Crippen LogP contribution in [0.25, 0.3) is 0 Å². The highest BCUT2D eigenvalue weighted by Crippen LogP contribution is 2.39. The molecule has 0 aromatic carbocycles. The lowest BCUT2D eigenvalue weighted by Crippen LogP contribution is -2.30. The Morgan fingerprint density at radius 2 is 2.23 bits per heavy atom. The summed E-state index contributed by atoms with van der Waals surface area (Å²) in [5.41, 5.74) is 1.06. The number of rotatable bonds is 5. The first-order valence-electron chi connectivity index (χ1n) is 9.21. The normalized spacial score (nSPS) is 18.1.